The maximum absolute atomic E-state index is 13.1. The van der Waals surface area contributed by atoms with Crippen molar-refractivity contribution in [3.8, 4) is 0 Å². The molecule has 1 aromatic heterocycles. The van der Waals surface area contributed by atoms with Gasteiger partial charge in [0, 0.05) is 35.2 Å². The monoisotopic (exact) mass is 421 g/mol. The normalized spacial score (nSPS) is 16.2. The van der Waals surface area contributed by atoms with Crippen LogP contribution in [0.3, 0.4) is 0 Å². The topological polar surface area (TPSA) is 71.5 Å². The molecule has 1 aliphatic rings. The van der Waals surface area contributed by atoms with E-state index in [0.29, 0.717) is 41.5 Å². The number of rotatable bonds is 4. The van der Waals surface area contributed by atoms with Gasteiger partial charge in [0.15, 0.2) is 0 Å². The molecule has 1 N–H and O–H groups in total. The van der Waals surface area contributed by atoms with Crippen LogP contribution in [0.4, 0.5) is 5.69 Å². The number of carbonyl (C=O) groups is 2. The Morgan fingerprint density at radius 2 is 1.87 bits per heavy atom. The van der Waals surface area contributed by atoms with Crippen LogP contribution in [-0.2, 0) is 4.74 Å². The van der Waals surface area contributed by atoms with Crippen LogP contribution < -0.4 is 5.32 Å². The minimum atomic E-state index is -0.276. The van der Waals surface area contributed by atoms with E-state index < -0.39 is 0 Å². The van der Waals surface area contributed by atoms with E-state index in [0.717, 1.165) is 5.56 Å². The van der Waals surface area contributed by atoms with Crippen molar-refractivity contribution in [2.24, 2.45) is 0 Å². The third-order valence-corrected chi connectivity index (χ3v) is 5.14. The van der Waals surface area contributed by atoms with Crippen LogP contribution in [0.15, 0.2) is 73.1 Å². The molecule has 1 aliphatic heterocycles. The van der Waals surface area contributed by atoms with E-state index >= 15 is 0 Å². The van der Waals surface area contributed by atoms with Crippen LogP contribution >= 0.6 is 11.6 Å². The van der Waals surface area contributed by atoms with Crippen LogP contribution in [0, 0.1) is 0 Å². The standard InChI is InChI=1S/C23H20ClN3O3/c24-19-8-6-16(7-9-19)21-15-27(11-12-30-21)23(29)17-3-1-5-20(13-17)26-22(28)18-4-2-10-25-14-18/h1-10,13-14,21H,11-12,15H2,(H,26,28)/t21-/m1/s1. The average molecular weight is 422 g/mol. The molecule has 7 heteroatoms. The molecule has 0 spiro atoms. The molecule has 2 aromatic carbocycles. The summed E-state index contributed by atoms with van der Waals surface area (Å²) >= 11 is 5.96. The lowest BCUT2D eigenvalue weighted by molar-refractivity contribution is -0.0228. The Hall–Kier alpha value is -3.22. The number of nitrogens with one attached hydrogen (secondary N) is 1. The molecule has 1 saturated heterocycles. The summed E-state index contributed by atoms with van der Waals surface area (Å²) in [6, 6.07) is 17.8. The average Bonchev–Trinajstić information content (AvgIpc) is 2.80. The van der Waals surface area contributed by atoms with Crippen LogP contribution in [0.5, 0.6) is 0 Å². The maximum Gasteiger partial charge on any atom is 0.257 e. The fraction of sp³-hybridized carbons (Fsp3) is 0.174. The summed E-state index contributed by atoms with van der Waals surface area (Å²) in [6.07, 6.45) is 2.90. The van der Waals surface area contributed by atoms with Gasteiger partial charge in [-0.05, 0) is 48.0 Å². The molecule has 1 fully saturated rings. The summed E-state index contributed by atoms with van der Waals surface area (Å²) in [5, 5.41) is 3.47. The molecule has 30 heavy (non-hydrogen) atoms. The predicted molar refractivity (Wildman–Crippen MR) is 115 cm³/mol. The first kappa shape index (κ1) is 20.1. The summed E-state index contributed by atoms with van der Waals surface area (Å²) in [4.78, 5) is 31.1. The summed E-state index contributed by atoms with van der Waals surface area (Å²) < 4.78 is 5.85. The lowest BCUT2D eigenvalue weighted by atomic mass is 10.1. The van der Waals surface area contributed by atoms with Gasteiger partial charge in [-0.25, -0.2) is 0 Å². The highest BCUT2D eigenvalue weighted by Crippen LogP contribution is 2.25. The van der Waals surface area contributed by atoms with Gasteiger partial charge in [-0.3, -0.25) is 14.6 Å². The summed E-state index contributed by atoms with van der Waals surface area (Å²) in [7, 11) is 0. The Kier molecular flexibility index (Phi) is 6.07. The van der Waals surface area contributed by atoms with E-state index in [2.05, 4.69) is 10.3 Å². The number of pyridine rings is 1. The molecular formula is C23H20ClN3O3. The van der Waals surface area contributed by atoms with Crippen molar-refractivity contribution in [3.05, 3.63) is 94.8 Å². The molecule has 3 aromatic rings. The van der Waals surface area contributed by atoms with Crippen molar-refractivity contribution >= 4 is 29.1 Å². The smallest absolute Gasteiger partial charge is 0.257 e. The van der Waals surface area contributed by atoms with E-state index in [9.17, 15) is 9.59 Å². The number of amides is 2. The third kappa shape index (κ3) is 4.67. The zero-order chi connectivity index (χ0) is 20.9. The number of hydrogen-bond donors (Lipinski definition) is 1. The lowest BCUT2D eigenvalue weighted by Crippen LogP contribution is -2.42. The van der Waals surface area contributed by atoms with Gasteiger partial charge in [0.25, 0.3) is 11.8 Å². The Labute approximate surface area is 179 Å². The summed E-state index contributed by atoms with van der Waals surface area (Å²) in [5.41, 5.74) is 2.50. The van der Waals surface area contributed by atoms with E-state index in [1.807, 2.05) is 24.3 Å². The number of halogens is 1. The number of anilines is 1. The maximum atomic E-state index is 13.1. The first-order chi connectivity index (χ1) is 14.6. The van der Waals surface area contributed by atoms with Crippen molar-refractivity contribution < 1.29 is 14.3 Å². The highest BCUT2D eigenvalue weighted by molar-refractivity contribution is 6.30. The molecule has 1 atom stereocenters. The van der Waals surface area contributed by atoms with E-state index in [1.54, 1.807) is 47.5 Å². The summed E-state index contributed by atoms with van der Waals surface area (Å²) in [6.45, 7) is 1.42. The highest BCUT2D eigenvalue weighted by atomic mass is 35.5. The predicted octanol–water partition coefficient (Wildman–Crippen LogP) is 4.20. The summed E-state index contributed by atoms with van der Waals surface area (Å²) in [5.74, 6) is -0.378. The van der Waals surface area contributed by atoms with Gasteiger partial charge >= 0.3 is 0 Å². The number of carbonyl (C=O) groups excluding carboxylic acids is 2. The van der Waals surface area contributed by atoms with Crippen molar-refractivity contribution in [1.82, 2.24) is 9.88 Å². The minimum absolute atomic E-state index is 0.102. The van der Waals surface area contributed by atoms with E-state index in [1.165, 1.54) is 6.20 Å². The van der Waals surface area contributed by atoms with Crippen LogP contribution in [0.25, 0.3) is 0 Å². The minimum Gasteiger partial charge on any atom is -0.370 e. The number of hydrogen-bond acceptors (Lipinski definition) is 4. The molecule has 6 nitrogen and oxygen atoms in total. The Morgan fingerprint density at radius 1 is 1.07 bits per heavy atom. The molecule has 0 saturated carbocycles. The second kappa shape index (κ2) is 9.07. The van der Waals surface area contributed by atoms with Gasteiger partial charge in [0.05, 0.1) is 18.7 Å². The largest absolute Gasteiger partial charge is 0.370 e. The molecular weight excluding hydrogens is 402 g/mol. The van der Waals surface area contributed by atoms with Gasteiger partial charge in [0.1, 0.15) is 6.10 Å². The number of nitrogens with zero attached hydrogens (tertiary/aromatic N) is 2. The first-order valence-electron chi connectivity index (χ1n) is 9.58. The van der Waals surface area contributed by atoms with Gasteiger partial charge in [-0.2, -0.15) is 0 Å². The second-order valence-corrected chi connectivity index (χ2v) is 7.38. The molecule has 4 rings (SSSR count). The van der Waals surface area contributed by atoms with Crippen molar-refractivity contribution in [1.29, 1.82) is 0 Å². The Balaban J connectivity index is 1.46. The Bertz CT molecular complexity index is 1040. The molecule has 0 unspecified atom stereocenters. The molecule has 0 aliphatic carbocycles. The lowest BCUT2D eigenvalue weighted by Gasteiger charge is -2.33. The molecule has 152 valence electrons. The van der Waals surface area contributed by atoms with Gasteiger partial charge in [-0.15, -0.1) is 0 Å². The quantitative estimate of drug-likeness (QED) is 0.685. The number of morpholine rings is 1. The first-order valence-corrected chi connectivity index (χ1v) is 9.96. The van der Waals surface area contributed by atoms with Crippen LogP contribution in [0.1, 0.15) is 32.4 Å². The number of aromatic nitrogens is 1. The molecule has 2 amide bonds. The number of ether oxygens (including phenoxy) is 1. The fourth-order valence-electron chi connectivity index (χ4n) is 3.33. The zero-order valence-corrected chi connectivity index (χ0v) is 16.9. The second-order valence-electron chi connectivity index (χ2n) is 6.94. The van der Waals surface area contributed by atoms with Crippen molar-refractivity contribution in [3.63, 3.8) is 0 Å². The van der Waals surface area contributed by atoms with Crippen LogP contribution in [0.2, 0.25) is 5.02 Å². The fourth-order valence-corrected chi connectivity index (χ4v) is 3.45. The SMILES string of the molecule is O=C(Nc1cccc(C(=O)N2CCO[C@@H](c3ccc(Cl)cc3)C2)c1)c1cccnc1. The molecule has 2 heterocycles. The van der Waals surface area contributed by atoms with Crippen molar-refractivity contribution in [2.45, 2.75) is 6.10 Å². The number of benzene rings is 2. The molecule has 0 bridgehead atoms. The third-order valence-electron chi connectivity index (χ3n) is 4.89. The zero-order valence-electron chi connectivity index (χ0n) is 16.1. The Morgan fingerprint density at radius 3 is 2.63 bits per heavy atom. The highest BCUT2D eigenvalue weighted by Gasteiger charge is 2.26. The van der Waals surface area contributed by atoms with Gasteiger partial charge < -0.3 is 15.0 Å². The molecule has 0 radical (unpaired) electrons. The van der Waals surface area contributed by atoms with Gasteiger partial charge in [0.2, 0.25) is 0 Å². The van der Waals surface area contributed by atoms with Gasteiger partial charge in [-0.1, -0.05) is 29.8 Å². The van der Waals surface area contributed by atoms with E-state index in [4.69, 9.17) is 16.3 Å². The van der Waals surface area contributed by atoms with Crippen molar-refractivity contribution in [2.75, 3.05) is 25.0 Å². The van der Waals surface area contributed by atoms with E-state index in [-0.39, 0.29) is 17.9 Å². The van der Waals surface area contributed by atoms with Crippen LogP contribution in [-0.4, -0.2) is 41.4 Å².